The predicted octanol–water partition coefficient (Wildman–Crippen LogP) is 1.49. The summed E-state index contributed by atoms with van der Waals surface area (Å²) in [5.74, 6) is 6.11. The van der Waals surface area contributed by atoms with E-state index in [4.69, 9.17) is 10.6 Å². The Balaban J connectivity index is 2.07. The number of nitrogens with two attached hydrogens (primary N) is 1. The van der Waals surface area contributed by atoms with Crippen molar-refractivity contribution in [2.24, 2.45) is 10.8 Å². The van der Waals surface area contributed by atoms with Gasteiger partial charge in [-0.15, -0.1) is 0 Å². The van der Waals surface area contributed by atoms with E-state index >= 15 is 0 Å². The fourth-order valence-electron chi connectivity index (χ4n) is 1.95. The molecule has 5 heteroatoms. The summed E-state index contributed by atoms with van der Waals surface area (Å²) in [6.45, 7) is 3.63. The molecule has 4 N–H and O–H groups in total. The van der Waals surface area contributed by atoms with Gasteiger partial charge < -0.3 is 10.1 Å². The van der Waals surface area contributed by atoms with Crippen LogP contribution in [0.5, 0.6) is 0 Å². The van der Waals surface area contributed by atoms with Crippen LogP contribution in [-0.4, -0.2) is 24.7 Å². The first-order chi connectivity index (χ1) is 8.72. The Labute approximate surface area is 107 Å². The van der Waals surface area contributed by atoms with Crippen LogP contribution in [0.4, 0.5) is 5.69 Å². The molecule has 0 bridgehead atoms. The number of hydrogen-bond donors (Lipinski definition) is 3. The average Bonchev–Trinajstić information content (AvgIpc) is 2.40. The summed E-state index contributed by atoms with van der Waals surface area (Å²) in [5, 5.41) is 3.17. The maximum Gasteiger partial charge on any atom is 0.210 e. The van der Waals surface area contributed by atoms with Gasteiger partial charge in [-0.25, -0.2) is 10.8 Å². The van der Waals surface area contributed by atoms with Crippen molar-refractivity contribution in [3.05, 3.63) is 30.3 Å². The Morgan fingerprint density at radius 3 is 2.56 bits per heavy atom. The number of ether oxygens (including phenoxy) is 1. The van der Waals surface area contributed by atoms with Crippen LogP contribution in [0.25, 0.3) is 0 Å². The van der Waals surface area contributed by atoms with E-state index in [0.717, 1.165) is 31.7 Å². The second-order valence-electron chi connectivity index (χ2n) is 4.71. The summed E-state index contributed by atoms with van der Waals surface area (Å²) in [4.78, 5) is 4.67. The number of anilines is 1. The van der Waals surface area contributed by atoms with Crippen molar-refractivity contribution in [2.75, 3.05) is 18.5 Å². The maximum absolute atomic E-state index is 5.52. The van der Waals surface area contributed by atoms with Crippen LogP contribution in [-0.2, 0) is 4.74 Å². The monoisotopic (exact) mass is 248 g/mol. The second-order valence-corrected chi connectivity index (χ2v) is 4.71. The maximum atomic E-state index is 5.52. The molecule has 1 aliphatic heterocycles. The van der Waals surface area contributed by atoms with Crippen molar-refractivity contribution in [3.8, 4) is 0 Å². The van der Waals surface area contributed by atoms with Crippen LogP contribution >= 0.6 is 0 Å². The van der Waals surface area contributed by atoms with E-state index in [1.165, 1.54) is 0 Å². The molecule has 0 unspecified atom stereocenters. The van der Waals surface area contributed by atoms with Crippen LogP contribution in [0.2, 0.25) is 0 Å². The first-order valence-electron chi connectivity index (χ1n) is 6.18. The van der Waals surface area contributed by atoms with Crippen molar-refractivity contribution < 1.29 is 4.74 Å². The molecule has 18 heavy (non-hydrogen) atoms. The zero-order valence-electron chi connectivity index (χ0n) is 10.6. The quantitative estimate of drug-likeness (QED) is 0.321. The van der Waals surface area contributed by atoms with Gasteiger partial charge in [0.2, 0.25) is 5.96 Å². The van der Waals surface area contributed by atoms with Crippen LogP contribution < -0.4 is 16.6 Å². The van der Waals surface area contributed by atoms with Gasteiger partial charge in [-0.2, -0.15) is 0 Å². The van der Waals surface area contributed by atoms with Gasteiger partial charge in [-0.3, -0.25) is 5.43 Å². The normalized spacial score (nSPS) is 19.3. The standard InChI is InChI=1S/C13H20N4O/c1-13(7-9-18-10-8-13)16-12(17-14)15-11-5-3-2-4-6-11/h2-6H,7-10,14H2,1H3,(H2,15,16,17). The smallest absolute Gasteiger partial charge is 0.210 e. The highest BCUT2D eigenvalue weighted by molar-refractivity contribution is 5.93. The Hall–Kier alpha value is -1.59. The van der Waals surface area contributed by atoms with E-state index in [-0.39, 0.29) is 5.54 Å². The third-order valence-corrected chi connectivity index (χ3v) is 3.12. The molecule has 0 atom stereocenters. The molecule has 0 aromatic heterocycles. The number of aliphatic imine (C=N–C) groups is 1. The summed E-state index contributed by atoms with van der Waals surface area (Å²) in [6, 6.07) is 9.84. The molecule has 98 valence electrons. The molecular weight excluding hydrogens is 228 g/mol. The van der Waals surface area contributed by atoms with Gasteiger partial charge in [0, 0.05) is 18.9 Å². The molecule has 1 fully saturated rings. The molecule has 0 radical (unpaired) electrons. The number of hydrogen-bond acceptors (Lipinski definition) is 3. The molecule has 5 nitrogen and oxygen atoms in total. The third kappa shape index (κ3) is 3.45. The number of nitrogens with zero attached hydrogens (tertiary/aromatic N) is 1. The summed E-state index contributed by atoms with van der Waals surface area (Å²) in [6.07, 6.45) is 1.82. The average molecular weight is 248 g/mol. The summed E-state index contributed by atoms with van der Waals surface area (Å²) >= 11 is 0. The molecule has 1 saturated heterocycles. The first kappa shape index (κ1) is 12.9. The lowest BCUT2D eigenvalue weighted by Gasteiger charge is -2.30. The summed E-state index contributed by atoms with van der Waals surface area (Å²) < 4.78 is 5.36. The fraction of sp³-hybridized carbons (Fsp3) is 0.462. The van der Waals surface area contributed by atoms with Gasteiger partial charge in [0.25, 0.3) is 0 Å². The van der Waals surface area contributed by atoms with Crippen LogP contribution in [0.3, 0.4) is 0 Å². The van der Waals surface area contributed by atoms with E-state index in [9.17, 15) is 0 Å². The minimum absolute atomic E-state index is 0.109. The highest BCUT2D eigenvalue weighted by Crippen LogP contribution is 2.24. The second kappa shape index (κ2) is 5.84. The molecule has 0 saturated carbocycles. The molecule has 0 aliphatic carbocycles. The highest BCUT2D eigenvalue weighted by Gasteiger charge is 2.27. The molecular formula is C13H20N4O. The number of guanidine groups is 1. The fourth-order valence-corrected chi connectivity index (χ4v) is 1.95. The highest BCUT2D eigenvalue weighted by atomic mass is 16.5. The molecule has 1 heterocycles. The number of para-hydroxylation sites is 1. The summed E-state index contributed by atoms with van der Waals surface area (Å²) in [5.41, 5.74) is 3.47. The lowest BCUT2D eigenvalue weighted by atomic mass is 9.93. The van der Waals surface area contributed by atoms with Gasteiger partial charge in [0.05, 0.1) is 5.54 Å². The minimum atomic E-state index is -0.109. The predicted molar refractivity (Wildman–Crippen MR) is 73.3 cm³/mol. The van der Waals surface area contributed by atoms with Gasteiger partial charge in [-0.05, 0) is 31.9 Å². The molecule has 1 aliphatic rings. The van der Waals surface area contributed by atoms with Gasteiger partial charge in [0.15, 0.2) is 0 Å². The van der Waals surface area contributed by atoms with E-state index in [1.54, 1.807) is 0 Å². The van der Waals surface area contributed by atoms with E-state index in [1.807, 2.05) is 30.3 Å². The van der Waals surface area contributed by atoms with Crippen LogP contribution in [0.15, 0.2) is 35.3 Å². The van der Waals surface area contributed by atoms with Crippen molar-refractivity contribution in [2.45, 2.75) is 25.3 Å². The number of benzene rings is 1. The number of rotatable bonds is 2. The lowest BCUT2D eigenvalue weighted by molar-refractivity contribution is 0.0601. The first-order valence-corrected chi connectivity index (χ1v) is 6.18. The minimum Gasteiger partial charge on any atom is -0.381 e. The molecule has 0 amide bonds. The molecule has 1 aromatic rings. The molecule has 2 rings (SSSR count). The third-order valence-electron chi connectivity index (χ3n) is 3.12. The topological polar surface area (TPSA) is 71.7 Å². The zero-order valence-corrected chi connectivity index (χ0v) is 10.6. The zero-order chi connectivity index (χ0) is 12.8. The van der Waals surface area contributed by atoms with Gasteiger partial charge >= 0.3 is 0 Å². The molecule has 0 spiro atoms. The van der Waals surface area contributed by atoms with Crippen molar-refractivity contribution in [1.29, 1.82) is 0 Å². The van der Waals surface area contributed by atoms with Crippen molar-refractivity contribution in [3.63, 3.8) is 0 Å². The largest absolute Gasteiger partial charge is 0.381 e. The Kier molecular flexibility index (Phi) is 4.17. The SMILES string of the molecule is CC1(N=C(NN)Nc2ccccc2)CCOCC1. The van der Waals surface area contributed by atoms with Crippen LogP contribution in [0.1, 0.15) is 19.8 Å². The number of hydrazine groups is 1. The molecule has 1 aromatic carbocycles. The van der Waals surface area contributed by atoms with E-state index < -0.39 is 0 Å². The Morgan fingerprint density at radius 2 is 1.94 bits per heavy atom. The van der Waals surface area contributed by atoms with Gasteiger partial charge in [0.1, 0.15) is 0 Å². The van der Waals surface area contributed by atoms with Crippen LogP contribution in [0, 0.1) is 0 Å². The van der Waals surface area contributed by atoms with E-state index in [0.29, 0.717) is 5.96 Å². The lowest BCUT2D eigenvalue weighted by Crippen LogP contribution is -2.41. The summed E-state index contributed by atoms with van der Waals surface area (Å²) in [7, 11) is 0. The van der Waals surface area contributed by atoms with Gasteiger partial charge in [-0.1, -0.05) is 18.2 Å². The van der Waals surface area contributed by atoms with Crippen molar-refractivity contribution in [1.82, 2.24) is 5.43 Å². The van der Waals surface area contributed by atoms with Crippen molar-refractivity contribution >= 4 is 11.6 Å². The Morgan fingerprint density at radius 1 is 1.28 bits per heavy atom. The number of nitrogens with one attached hydrogen (secondary N) is 2. The Bertz CT molecular complexity index is 399. The van der Waals surface area contributed by atoms with E-state index in [2.05, 4.69) is 22.7 Å².